The normalized spacial score (nSPS) is 12.2. The summed E-state index contributed by atoms with van der Waals surface area (Å²) in [5, 5.41) is 2.90. The van der Waals surface area contributed by atoms with Gasteiger partial charge in [-0.2, -0.15) is 0 Å². The molecule has 0 aliphatic carbocycles. The minimum absolute atomic E-state index is 0.0375. The van der Waals surface area contributed by atoms with Gasteiger partial charge >= 0.3 is 0 Å². The number of benzene rings is 1. The van der Waals surface area contributed by atoms with Crippen LogP contribution >= 0.6 is 0 Å². The Hall–Kier alpha value is -1.82. The molecule has 0 spiro atoms. The van der Waals surface area contributed by atoms with E-state index in [1.807, 2.05) is 6.92 Å². The van der Waals surface area contributed by atoms with Crippen molar-refractivity contribution in [3.05, 3.63) is 23.5 Å². The number of amides is 1. The van der Waals surface area contributed by atoms with Crippen molar-refractivity contribution in [1.82, 2.24) is 0 Å². The van der Waals surface area contributed by atoms with E-state index in [-0.39, 0.29) is 22.9 Å². The number of carbonyl (C=O) groups excluding carboxylic acids is 1. The molecule has 1 atom stereocenters. The summed E-state index contributed by atoms with van der Waals surface area (Å²) in [5.74, 6) is -0.980. The minimum Gasteiger partial charge on any atom is -0.398 e. The Labute approximate surface area is 105 Å². The lowest BCUT2D eigenvalue weighted by Gasteiger charge is -2.14. The van der Waals surface area contributed by atoms with E-state index in [2.05, 4.69) is 5.32 Å². The third-order valence-electron chi connectivity index (χ3n) is 2.50. The van der Waals surface area contributed by atoms with E-state index in [0.717, 1.165) is 6.07 Å². The SMILES string of the molecule is COCC(C)CNc1cc(C(N)=O)c(N)cc1F. The predicted octanol–water partition coefficient (Wildman–Crippen LogP) is 1.20. The molecule has 0 saturated carbocycles. The van der Waals surface area contributed by atoms with Gasteiger partial charge in [-0.1, -0.05) is 6.92 Å². The largest absolute Gasteiger partial charge is 0.398 e. The highest BCUT2D eigenvalue weighted by Gasteiger charge is 2.12. The Kier molecular flexibility index (Phi) is 4.91. The standard InChI is InChI=1S/C12H18FN3O2/c1-7(6-18-2)5-16-11-3-8(12(15)17)10(14)4-9(11)13/h3-4,7,16H,5-6,14H2,1-2H3,(H2,15,17). The van der Waals surface area contributed by atoms with Gasteiger partial charge in [-0.15, -0.1) is 0 Å². The lowest BCUT2D eigenvalue weighted by Crippen LogP contribution is -2.18. The fourth-order valence-corrected chi connectivity index (χ4v) is 1.57. The van der Waals surface area contributed by atoms with Crippen molar-refractivity contribution in [2.45, 2.75) is 6.92 Å². The molecule has 1 aromatic carbocycles. The van der Waals surface area contributed by atoms with Gasteiger partial charge in [0.1, 0.15) is 5.82 Å². The second-order valence-electron chi connectivity index (χ2n) is 4.22. The van der Waals surface area contributed by atoms with Crippen molar-refractivity contribution in [2.75, 3.05) is 31.3 Å². The summed E-state index contributed by atoms with van der Waals surface area (Å²) in [5.41, 5.74) is 11.0. The average molecular weight is 255 g/mol. The van der Waals surface area contributed by atoms with E-state index in [1.165, 1.54) is 6.07 Å². The lowest BCUT2D eigenvalue weighted by atomic mass is 10.1. The third-order valence-corrected chi connectivity index (χ3v) is 2.50. The van der Waals surface area contributed by atoms with E-state index in [1.54, 1.807) is 7.11 Å². The monoisotopic (exact) mass is 255 g/mol. The number of ether oxygens (including phenoxy) is 1. The number of hydrogen-bond donors (Lipinski definition) is 3. The van der Waals surface area contributed by atoms with Crippen LogP contribution in [0.15, 0.2) is 12.1 Å². The maximum absolute atomic E-state index is 13.6. The number of nitrogens with one attached hydrogen (secondary N) is 1. The van der Waals surface area contributed by atoms with Gasteiger partial charge in [0.05, 0.1) is 17.9 Å². The maximum Gasteiger partial charge on any atom is 0.250 e. The lowest BCUT2D eigenvalue weighted by molar-refractivity contribution is 0.100. The molecule has 100 valence electrons. The summed E-state index contributed by atoms with van der Waals surface area (Å²) in [6.45, 7) is 3.04. The number of halogens is 1. The number of nitrogens with two attached hydrogens (primary N) is 2. The van der Waals surface area contributed by atoms with Crippen molar-refractivity contribution >= 4 is 17.3 Å². The molecular weight excluding hydrogens is 237 g/mol. The molecule has 0 saturated heterocycles. The van der Waals surface area contributed by atoms with Crippen molar-refractivity contribution < 1.29 is 13.9 Å². The van der Waals surface area contributed by atoms with E-state index < -0.39 is 11.7 Å². The Bertz CT molecular complexity index is 438. The van der Waals surface area contributed by atoms with Gasteiger partial charge in [-0.05, 0) is 18.1 Å². The van der Waals surface area contributed by atoms with Crippen LogP contribution in [0.5, 0.6) is 0 Å². The molecule has 1 rings (SSSR count). The van der Waals surface area contributed by atoms with Crippen LogP contribution in [0.3, 0.4) is 0 Å². The fraction of sp³-hybridized carbons (Fsp3) is 0.417. The third kappa shape index (κ3) is 3.59. The quantitative estimate of drug-likeness (QED) is 0.666. The molecule has 0 bridgehead atoms. The van der Waals surface area contributed by atoms with Crippen molar-refractivity contribution in [3.8, 4) is 0 Å². The van der Waals surface area contributed by atoms with Gasteiger partial charge in [0.15, 0.2) is 0 Å². The minimum atomic E-state index is -0.680. The number of methoxy groups -OCH3 is 1. The summed E-state index contributed by atoms with van der Waals surface area (Å²) in [6, 6.07) is 2.41. The smallest absolute Gasteiger partial charge is 0.250 e. The molecule has 6 heteroatoms. The molecular formula is C12H18FN3O2. The number of primary amides is 1. The molecule has 1 unspecified atom stereocenters. The first kappa shape index (κ1) is 14.2. The zero-order chi connectivity index (χ0) is 13.7. The van der Waals surface area contributed by atoms with E-state index in [9.17, 15) is 9.18 Å². The fourth-order valence-electron chi connectivity index (χ4n) is 1.57. The highest BCUT2D eigenvalue weighted by Crippen LogP contribution is 2.22. The van der Waals surface area contributed by atoms with Crippen LogP contribution in [0, 0.1) is 11.7 Å². The molecule has 0 radical (unpaired) electrons. The first-order chi connectivity index (χ1) is 8.45. The van der Waals surface area contributed by atoms with Crippen molar-refractivity contribution in [2.24, 2.45) is 11.7 Å². The van der Waals surface area contributed by atoms with Gasteiger partial charge in [0, 0.05) is 19.3 Å². The first-order valence-corrected chi connectivity index (χ1v) is 5.57. The zero-order valence-corrected chi connectivity index (χ0v) is 10.5. The second-order valence-corrected chi connectivity index (χ2v) is 4.22. The van der Waals surface area contributed by atoms with E-state index in [4.69, 9.17) is 16.2 Å². The zero-order valence-electron chi connectivity index (χ0n) is 10.5. The van der Waals surface area contributed by atoms with Crippen LogP contribution in [-0.4, -0.2) is 26.2 Å². The molecule has 5 nitrogen and oxygen atoms in total. The van der Waals surface area contributed by atoms with Gasteiger partial charge in [-0.25, -0.2) is 4.39 Å². The van der Waals surface area contributed by atoms with Crippen LogP contribution in [0.2, 0.25) is 0 Å². The maximum atomic E-state index is 13.6. The predicted molar refractivity (Wildman–Crippen MR) is 68.9 cm³/mol. The number of anilines is 2. The molecule has 1 amide bonds. The van der Waals surface area contributed by atoms with Crippen molar-refractivity contribution in [3.63, 3.8) is 0 Å². The Morgan fingerprint density at radius 1 is 1.56 bits per heavy atom. The highest BCUT2D eigenvalue weighted by molar-refractivity contribution is 5.99. The van der Waals surface area contributed by atoms with Gasteiger partial charge < -0.3 is 21.5 Å². The van der Waals surface area contributed by atoms with Crippen LogP contribution < -0.4 is 16.8 Å². The Morgan fingerprint density at radius 2 is 2.22 bits per heavy atom. The summed E-state index contributed by atoms with van der Waals surface area (Å²) in [6.07, 6.45) is 0. The number of carbonyl (C=O) groups is 1. The molecule has 5 N–H and O–H groups in total. The van der Waals surface area contributed by atoms with Crippen LogP contribution in [0.4, 0.5) is 15.8 Å². The van der Waals surface area contributed by atoms with Crippen molar-refractivity contribution in [1.29, 1.82) is 0 Å². The Balaban J connectivity index is 2.82. The van der Waals surface area contributed by atoms with E-state index >= 15 is 0 Å². The van der Waals surface area contributed by atoms with Crippen LogP contribution in [0.25, 0.3) is 0 Å². The summed E-state index contributed by atoms with van der Waals surface area (Å²) in [7, 11) is 1.60. The molecule has 0 heterocycles. The second kappa shape index (κ2) is 6.20. The van der Waals surface area contributed by atoms with Gasteiger partial charge in [0.2, 0.25) is 0 Å². The van der Waals surface area contributed by atoms with Crippen LogP contribution in [0.1, 0.15) is 17.3 Å². The molecule has 18 heavy (non-hydrogen) atoms. The summed E-state index contributed by atoms with van der Waals surface area (Å²) in [4.78, 5) is 11.1. The topological polar surface area (TPSA) is 90.4 Å². The first-order valence-electron chi connectivity index (χ1n) is 5.57. The summed E-state index contributed by atoms with van der Waals surface area (Å²) >= 11 is 0. The van der Waals surface area contributed by atoms with Crippen LogP contribution in [-0.2, 0) is 4.74 Å². The molecule has 0 aliphatic rings. The Morgan fingerprint density at radius 3 is 2.78 bits per heavy atom. The molecule has 0 fully saturated rings. The van der Waals surface area contributed by atoms with Gasteiger partial charge in [-0.3, -0.25) is 4.79 Å². The number of rotatable bonds is 6. The highest BCUT2D eigenvalue weighted by atomic mass is 19.1. The molecule has 0 aliphatic heterocycles. The number of nitrogen functional groups attached to an aromatic ring is 1. The summed E-state index contributed by atoms with van der Waals surface area (Å²) < 4.78 is 18.6. The number of hydrogen-bond acceptors (Lipinski definition) is 4. The molecule has 1 aromatic rings. The average Bonchev–Trinajstić information content (AvgIpc) is 2.27. The molecule has 0 aromatic heterocycles. The van der Waals surface area contributed by atoms with Gasteiger partial charge in [0.25, 0.3) is 5.91 Å². The van der Waals surface area contributed by atoms with E-state index in [0.29, 0.717) is 13.2 Å².